The summed E-state index contributed by atoms with van der Waals surface area (Å²) in [7, 11) is -3.87. The molecule has 2 atom stereocenters. The Kier molecular flexibility index (Phi) is 3.91. The standard InChI is InChI=1S/C11H17N3O4S/c1-7-4-2-3-5-9(7)14-19(17,18)10-8(11(15)16)6-12-13-10/h6-7,9,14H,2-5H2,1H3,(H,12,13)(H,15,16). The van der Waals surface area contributed by atoms with Gasteiger partial charge in [-0.05, 0) is 18.8 Å². The first kappa shape index (κ1) is 14.0. The molecule has 106 valence electrons. The maximum Gasteiger partial charge on any atom is 0.340 e. The molecule has 0 spiro atoms. The second-order valence-corrected chi connectivity index (χ2v) is 6.56. The van der Waals surface area contributed by atoms with E-state index in [0.717, 1.165) is 31.9 Å². The first-order chi connectivity index (χ1) is 8.92. The molecular weight excluding hydrogens is 270 g/mol. The van der Waals surface area contributed by atoms with Gasteiger partial charge in [-0.3, -0.25) is 5.10 Å². The molecule has 19 heavy (non-hydrogen) atoms. The summed E-state index contributed by atoms with van der Waals surface area (Å²) in [5.41, 5.74) is -0.337. The van der Waals surface area contributed by atoms with E-state index in [4.69, 9.17) is 5.11 Å². The maximum atomic E-state index is 12.2. The number of carbonyl (C=O) groups is 1. The molecule has 1 aromatic rings. The Hall–Kier alpha value is -1.41. The van der Waals surface area contributed by atoms with Gasteiger partial charge in [0.2, 0.25) is 0 Å². The highest BCUT2D eigenvalue weighted by Gasteiger charge is 2.30. The van der Waals surface area contributed by atoms with Gasteiger partial charge < -0.3 is 5.11 Å². The van der Waals surface area contributed by atoms with Crippen molar-refractivity contribution in [2.75, 3.05) is 0 Å². The number of nitrogens with zero attached hydrogens (tertiary/aromatic N) is 1. The SMILES string of the molecule is CC1CCCCC1NS(=O)(=O)c1[nH]ncc1C(=O)O. The van der Waals surface area contributed by atoms with E-state index in [1.165, 1.54) is 0 Å². The van der Waals surface area contributed by atoms with Crippen LogP contribution in [0.4, 0.5) is 0 Å². The van der Waals surface area contributed by atoms with Crippen LogP contribution in [0.25, 0.3) is 0 Å². The van der Waals surface area contributed by atoms with Crippen molar-refractivity contribution in [2.45, 2.75) is 43.7 Å². The number of hydrogen-bond donors (Lipinski definition) is 3. The molecule has 1 aliphatic carbocycles. The Morgan fingerprint density at radius 1 is 1.47 bits per heavy atom. The van der Waals surface area contributed by atoms with E-state index in [9.17, 15) is 13.2 Å². The molecule has 0 saturated heterocycles. The van der Waals surface area contributed by atoms with Crippen LogP contribution in [-0.4, -0.2) is 35.7 Å². The van der Waals surface area contributed by atoms with Gasteiger partial charge in [0.15, 0.2) is 5.03 Å². The number of carboxylic acids is 1. The zero-order valence-electron chi connectivity index (χ0n) is 10.6. The number of rotatable bonds is 4. The third-order valence-corrected chi connectivity index (χ3v) is 4.98. The molecule has 1 fully saturated rings. The molecule has 8 heteroatoms. The lowest BCUT2D eigenvalue weighted by molar-refractivity contribution is 0.0692. The average Bonchev–Trinajstić information content (AvgIpc) is 2.82. The molecule has 0 aliphatic heterocycles. The predicted molar refractivity (Wildman–Crippen MR) is 67.3 cm³/mol. The number of nitrogens with one attached hydrogen (secondary N) is 2. The minimum atomic E-state index is -3.87. The van der Waals surface area contributed by atoms with E-state index in [1.807, 2.05) is 6.92 Å². The van der Waals surface area contributed by atoms with Crippen LogP contribution < -0.4 is 4.72 Å². The van der Waals surface area contributed by atoms with E-state index >= 15 is 0 Å². The second kappa shape index (κ2) is 5.30. The van der Waals surface area contributed by atoms with Crippen molar-refractivity contribution in [3.8, 4) is 0 Å². The number of carboxylic acid groups (broad SMARTS) is 1. The summed E-state index contributed by atoms with van der Waals surface area (Å²) in [5, 5.41) is 14.3. The summed E-state index contributed by atoms with van der Waals surface area (Å²) >= 11 is 0. The van der Waals surface area contributed by atoms with Gasteiger partial charge in [-0.15, -0.1) is 0 Å². The van der Waals surface area contributed by atoms with Crippen molar-refractivity contribution >= 4 is 16.0 Å². The van der Waals surface area contributed by atoms with Crippen LogP contribution in [0.5, 0.6) is 0 Å². The van der Waals surface area contributed by atoms with Crippen LogP contribution in [0.1, 0.15) is 43.0 Å². The topological polar surface area (TPSA) is 112 Å². The predicted octanol–water partition coefficient (Wildman–Crippen LogP) is 0.965. The molecule has 0 aromatic carbocycles. The molecule has 1 saturated carbocycles. The number of sulfonamides is 1. The normalized spacial score (nSPS) is 24.3. The molecule has 3 N–H and O–H groups in total. The smallest absolute Gasteiger partial charge is 0.340 e. The lowest BCUT2D eigenvalue weighted by Gasteiger charge is -2.28. The molecule has 2 rings (SSSR count). The summed E-state index contributed by atoms with van der Waals surface area (Å²) in [6, 6.07) is -0.149. The Morgan fingerprint density at radius 3 is 2.79 bits per heavy atom. The second-order valence-electron chi connectivity index (χ2n) is 4.91. The molecular formula is C11H17N3O4S. The van der Waals surface area contributed by atoms with Gasteiger partial charge in [-0.1, -0.05) is 19.8 Å². The molecule has 0 amide bonds. The summed E-state index contributed by atoms with van der Waals surface area (Å²) in [6.45, 7) is 2.00. The van der Waals surface area contributed by atoms with Crippen molar-refractivity contribution < 1.29 is 18.3 Å². The quantitative estimate of drug-likeness (QED) is 0.763. The zero-order valence-corrected chi connectivity index (χ0v) is 11.4. The van der Waals surface area contributed by atoms with E-state index in [0.29, 0.717) is 0 Å². The van der Waals surface area contributed by atoms with Gasteiger partial charge in [0.05, 0.1) is 6.20 Å². The monoisotopic (exact) mass is 287 g/mol. The number of H-pyrrole nitrogens is 1. The summed E-state index contributed by atoms with van der Waals surface area (Å²) in [5.74, 6) is -1.06. The number of aromatic nitrogens is 2. The van der Waals surface area contributed by atoms with E-state index in [1.54, 1.807) is 0 Å². The Bertz CT molecular complexity index is 566. The Balaban J connectivity index is 2.22. The van der Waals surface area contributed by atoms with Crippen molar-refractivity contribution in [3.05, 3.63) is 11.8 Å². The highest BCUT2D eigenvalue weighted by Crippen LogP contribution is 2.25. The van der Waals surface area contributed by atoms with Crippen molar-refractivity contribution in [1.82, 2.24) is 14.9 Å². The van der Waals surface area contributed by atoms with Crippen LogP contribution in [0.2, 0.25) is 0 Å². The van der Waals surface area contributed by atoms with Gasteiger partial charge in [-0.25, -0.2) is 17.9 Å². The molecule has 1 aromatic heterocycles. The summed E-state index contributed by atoms with van der Waals surface area (Å²) in [4.78, 5) is 10.9. The van der Waals surface area contributed by atoms with Crippen molar-refractivity contribution in [2.24, 2.45) is 5.92 Å². The minimum Gasteiger partial charge on any atom is -0.478 e. The first-order valence-corrected chi connectivity index (χ1v) is 7.69. The van der Waals surface area contributed by atoms with Crippen LogP contribution in [-0.2, 0) is 10.0 Å². The van der Waals surface area contributed by atoms with Crippen LogP contribution >= 0.6 is 0 Å². The van der Waals surface area contributed by atoms with E-state index in [-0.39, 0.29) is 22.5 Å². The fourth-order valence-electron chi connectivity index (χ4n) is 2.38. The third-order valence-electron chi connectivity index (χ3n) is 3.52. The fraction of sp³-hybridized carbons (Fsp3) is 0.636. The van der Waals surface area contributed by atoms with Crippen LogP contribution in [0.3, 0.4) is 0 Å². The summed E-state index contributed by atoms with van der Waals surface area (Å²) < 4.78 is 27.0. The van der Waals surface area contributed by atoms with Crippen molar-refractivity contribution in [3.63, 3.8) is 0 Å². The summed E-state index contributed by atoms with van der Waals surface area (Å²) in [6.07, 6.45) is 4.83. The van der Waals surface area contributed by atoms with E-state index < -0.39 is 16.0 Å². The first-order valence-electron chi connectivity index (χ1n) is 6.21. The highest BCUT2D eigenvalue weighted by atomic mass is 32.2. The Morgan fingerprint density at radius 2 is 2.16 bits per heavy atom. The molecule has 0 bridgehead atoms. The van der Waals surface area contributed by atoms with Crippen LogP contribution in [0.15, 0.2) is 11.2 Å². The molecule has 2 unspecified atom stereocenters. The van der Waals surface area contributed by atoms with Crippen LogP contribution in [0, 0.1) is 5.92 Å². The van der Waals surface area contributed by atoms with Gasteiger partial charge in [0.1, 0.15) is 5.56 Å². The molecule has 1 heterocycles. The third kappa shape index (κ3) is 2.95. The lowest BCUT2D eigenvalue weighted by atomic mass is 9.87. The molecule has 7 nitrogen and oxygen atoms in total. The van der Waals surface area contributed by atoms with Gasteiger partial charge in [0, 0.05) is 6.04 Å². The molecule has 1 aliphatic rings. The Labute approximate surface area is 111 Å². The number of aromatic amines is 1. The fourth-order valence-corrected chi connectivity index (χ4v) is 3.85. The van der Waals surface area contributed by atoms with Gasteiger partial charge in [-0.2, -0.15) is 5.10 Å². The van der Waals surface area contributed by atoms with Gasteiger partial charge in [0.25, 0.3) is 10.0 Å². The largest absolute Gasteiger partial charge is 0.478 e. The number of hydrogen-bond acceptors (Lipinski definition) is 4. The van der Waals surface area contributed by atoms with Gasteiger partial charge >= 0.3 is 5.97 Å². The zero-order chi connectivity index (χ0) is 14.0. The van der Waals surface area contributed by atoms with Crippen molar-refractivity contribution in [1.29, 1.82) is 0 Å². The molecule has 0 radical (unpaired) electrons. The number of aromatic carboxylic acids is 1. The lowest BCUT2D eigenvalue weighted by Crippen LogP contribution is -2.41. The minimum absolute atomic E-state index is 0.149. The maximum absolute atomic E-state index is 12.2. The highest BCUT2D eigenvalue weighted by molar-refractivity contribution is 7.89. The van der Waals surface area contributed by atoms with E-state index in [2.05, 4.69) is 14.9 Å². The average molecular weight is 287 g/mol.